The molecule has 2 rings (SSSR count). The Bertz CT molecular complexity index is 838. The van der Waals surface area contributed by atoms with E-state index in [1.165, 1.54) is 6.08 Å². The van der Waals surface area contributed by atoms with Crippen molar-refractivity contribution in [3.63, 3.8) is 0 Å². The average molecular weight is 355 g/mol. The van der Waals surface area contributed by atoms with Crippen molar-refractivity contribution >= 4 is 5.69 Å². The van der Waals surface area contributed by atoms with Gasteiger partial charge in [-0.25, -0.2) is 0 Å². The molecule has 0 saturated heterocycles. The van der Waals surface area contributed by atoms with Gasteiger partial charge in [0.25, 0.3) is 0 Å². The van der Waals surface area contributed by atoms with Crippen LogP contribution in [0.5, 0.6) is 0 Å². The molecule has 0 bridgehead atoms. The first kappa shape index (κ1) is 19.8. The van der Waals surface area contributed by atoms with Crippen molar-refractivity contribution in [3.8, 4) is 12.1 Å². The first-order valence-electron chi connectivity index (χ1n) is 8.52. The molecular formula is C22H21N5. The Morgan fingerprint density at radius 2 is 1.74 bits per heavy atom. The van der Waals surface area contributed by atoms with Crippen molar-refractivity contribution in [1.29, 1.82) is 10.5 Å². The molecule has 0 saturated carbocycles. The number of allylic oxidation sites excluding steroid dienone is 1. The van der Waals surface area contributed by atoms with Crippen LogP contribution >= 0.6 is 0 Å². The molecule has 5 heteroatoms. The minimum atomic E-state index is -0.842. The van der Waals surface area contributed by atoms with Crippen molar-refractivity contribution in [1.82, 2.24) is 4.90 Å². The van der Waals surface area contributed by atoms with Gasteiger partial charge in [-0.2, -0.15) is 20.8 Å². The van der Waals surface area contributed by atoms with Gasteiger partial charge in [0.2, 0.25) is 0 Å². The predicted molar refractivity (Wildman–Crippen MR) is 107 cm³/mol. The first-order valence-corrected chi connectivity index (χ1v) is 8.52. The first-order chi connectivity index (χ1) is 13.2. The third-order valence-corrected chi connectivity index (χ3v) is 4.14. The SMILES string of the molecule is C=CCN(CC=C)C1(/C(C#N)=C/C#N)C=CC(/N=N/c2ccccc2)C=C1. The summed E-state index contributed by atoms with van der Waals surface area (Å²) in [5.41, 5.74) is 0.267. The van der Waals surface area contributed by atoms with E-state index >= 15 is 0 Å². The largest absolute Gasteiger partial charge is 0.279 e. The second-order valence-electron chi connectivity index (χ2n) is 5.87. The zero-order valence-corrected chi connectivity index (χ0v) is 15.1. The van der Waals surface area contributed by atoms with Gasteiger partial charge in [0.1, 0.15) is 6.04 Å². The third kappa shape index (κ3) is 4.76. The van der Waals surface area contributed by atoms with E-state index in [-0.39, 0.29) is 6.04 Å². The van der Waals surface area contributed by atoms with E-state index in [9.17, 15) is 5.26 Å². The fourth-order valence-corrected chi connectivity index (χ4v) is 2.87. The second kappa shape index (κ2) is 9.82. The van der Waals surface area contributed by atoms with E-state index < -0.39 is 5.54 Å². The van der Waals surface area contributed by atoms with Crippen LogP contribution in [0.2, 0.25) is 0 Å². The molecule has 1 aliphatic rings. The molecular weight excluding hydrogens is 334 g/mol. The van der Waals surface area contributed by atoms with Crippen LogP contribution in [-0.2, 0) is 0 Å². The number of nitriles is 2. The fourth-order valence-electron chi connectivity index (χ4n) is 2.87. The lowest BCUT2D eigenvalue weighted by Gasteiger charge is -2.40. The highest BCUT2D eigenvalue weighted by molar-refractivity contribution is 5.49. The Balaban J connectivity index is 2.36. The van der Waals surface area contributed by atoms with Crippen LogP contribution in [0.15, 0.2) is 102 Å². The lowest BCUT2D eigenvalue weighted by atomic mass is 9.83. The molecule has 0 unspecified atom stereocenters. The maximum absolute atomic E-state index is 9.62. The van der Waals surface area contributed by atoms with Crippen LogP contribution in [0.1, 0.15) is 0 Å². The number of azo groups is 1. The van der Waals surface area contributed by atoms with E-state index in [1.807, 2.05) is 65.6 Å². The number of benzene rings is 1. The monoisotopic (exact) mass is 355 g/mol. The van der Waals surface area contributed by atoms with Gasteiger partial charge in [-0.15, -0.1) is 13.2 Å². The number of hydrogen-bond donors (Lipinski definition) is 0. The zero-order valence-electron chi connectivity index (χ0n) is 15.1. The highest BCUT2D eigenvalue weighted by atomic mass is 15.2. The summed E-state index contributed by atoms with van der Waals surface area (Å²) in [5.74, 6) is 0. The molecule has 0 atom stereocenters. The van der Waals surface area contributed by atoms with Crippen LogP contribution in [0.3, 0.4) is 0 Å². The van der Waals surface area contributed by atoms with Gasteiger partial charge in [0.15, 0.2) is 0 Å². The molecule has 134 valence electrons. The molecule has 0 N–H and O–H groups in total. The standard InChI is InChI=1S/C22H21N5/c1-3-16-27(17-4-2)22(19(18-24)12-15-23)13-10-21(11-14-22)26-25-20-8-6-5-7-9-20/h3-14,21H,1-2,16-17H2/b19-12+,26-25+. The van der Waals surface area contributed by atoms with Gasteiger partial charge >= 0.3 is 0 Å². The molecule has 0 aliphatic heterocycles. The summed E-state index contributed by atoms with van der Waals surface area (Å²) in [5, 5.41) is 27.3. The van der Waals surface area contributed by atoms with Gasteiger partial charge < -0.3 is 0 Å². The van der Waals surface area contributed by atoms with Crippen LogP contribution in [0, 0.1) is 22.7 Å². The second-order valence-corrected chi connectivity index (χ2v) is 5.87. The van der Waals surface area contributed by atoms with Crippen LogP contribution < -0.4 is 0 Å². The molecule has 1 aliphatic carbocycles. The summed E-state index contributed by atoms with van der Waals surface area (Å²) in [6, 6.07) is 13.4. The molecule has 0 fully saturated rings. The molecule has 0 heterocycles. The highest BCUT2D eigenvalue weighted by Crippen LogP contribution is 2.32. The van der Waals surface area contributed by atoms with Crippen LogP contribution in [-0.4, -0.2) is 29.6 Å². The molecule has 0 spiro atoms. The molecule has 1 aromatic rings. The molecule has 1 aromatic carbocycles. The number of nitrogens with zero attached hydrogens (tertiary/aromatic N) is 5. The van der Waals surface area contributed by atoms with Gasteiger partial charge in [-0.1, -0.05) is 54.7 Å². The van der Waals surface area contributed by atoms with Crippen LogP contribution in [0.4, 0.5) is 5.69 Å². The maximum Gasteiger partial charge on any atom is 0.108 e. The normalized spacial score (nSPS) is 21.7. The van der Waals surface area contributed by atoms with Gasteiger partial charge in [-0.3, -0.25) is 4.90 Å². The molecule has 0 aromatic heterocycles. The van der Waals surface area contributed by atoms with E-state index in [0.717, 1.165) is 5.69 Å². The van der Waals surface area contributed by atoms with E-state index in [1.54, 1.807) is 12.2 Å². The third-order valence-electron chi connectivity index (χ3n) is 4.14. The minimum absolute atomic E-state index is 0.241. The topological polar surface area (TPSA) is 75.5 Å². The lowest BCUT2D eigenvalue weighted by Crippen LogP contribution is -2.48. The average Bonchev–Trinajstić information content (AvgIpc) is 2.71. The predicted octanol–water partition coefficient (Wildman–Crippen LogP) is 4.65. The van der Waals surface area contributed by atoms with Crippen molar-refractivity contribution in [2.45, 2.75) is 11.6 Å². The summed E-state index contributed by atoms with van der Waals surface area (Å²) in [7, 11) is 0. The van der Waals surface area contributed by atoms with Crippen LogP contribution in [0.25, 0.3) is 0 Å². The Hall–Kier alpha value is -3.54. The molecule has 5 nitrogen and oxygen atoms in total. The van der Waals surface area contributed by atoms with Crippen molar-refractivity contribution in [3.05, 3.63) is 91.6 Å². The van der Waals surface area contributed by atoms with Crippen molar-refractivity contribution in [2.75, 3.05) is 13.1 Å². The molecule has 0 radical (unpaired) electrons. The van der Waals surface area contributed by atoms with Gasteiger partial charge in [-0.05, 0) is 12.1 Å². The Labute approximate surface area is 160 Å². The Kier molecular flexibility index (Phi) is 7.19. The van der Waals surface area contributed by atoms with Crippen molar-refractivity contribution < 1.29 is 0 Å². The quantitative estimate of drug-likeness (QED) is 0.387. The Morgan fingerprint density at radius 1 is 1.11 bits per heavy atom. The summed E-state index contributed by atoms with van der Waals surface area (Å²) in [6.45, 7) is 8.64. The Morgan fingerprint density at radius 3 is 2.26 bits per heavy atom. The lowest BCUT2D eigenvalue weighted by molar-refractivity contribution is 0.246. The van der Waals surface area contributed by atoms with Gasteiger partial charge in [0.05, 0.1) is 28.9 Å². The van der Waals surface area contributed by atoms with Crippen molar-refractivity contribution in [2.24, 2.45) is 10.2 Å². The zero-order chi connectivity index (χ0) is 19.5. The summed E-state index contributed by atoms with van der Waals surface area (Å²) < 4.78 is 0. The summed E-state index contributed by atoms with van der Waals surface area (Å²) in [6.07, 6.45) is 12.3. The minimum Gasteiger partial charge on any atom is -0.279 e. The molecule has 0 amide bonds. The van der Waals surface area contributed by atoms with Gasteiger partial charge in [0, 0.05) is 19.2 Å². The smallest absolute Gasteiger partial charge is 0.108 e. The summed E-state index contributed by atoms with van der Waals surface area (Å²) in [4.78, 5) is 2.01. The van der Waals surface area contributed by atoms with E-state index in [4.69, 9.17) is 5.26 Å². The highest BCUT2D eigenvalue weighted by Gasteiger charge is 2.37. The maximum atomic E-state index is 9.62. The summed E-state index contributed by atoms with van der Waals surface area (Å²) >= 11 is 0. The fraction of sp³-hybridized carbons (Fsp3) is 0.182. The van der Waals surface area contributed by atoms with E-state index in [2.05, 4.69) is 29.5 Å². The number of rotatable bonds is 8. The number of hydrogen-bond acceptors (Lipinski definition) is 5. The van der Waals surface area contributed by atoms with E-state index in [0.29, 0.717) is 18.7 Å². The molecule has 27 heavy (non-hydrogen) atoms.